The highest BCUT2D eigenvalue weighted by molar-refractivity contribution is 5.89. The Morgan fingerprint density at radius 2 is 1.78 bits per heavy atom. The van der Waals surface area contributed by atoms with Crippen molar-refractivity contribution in [1.82, 2.24) is 0 Å². The molecule has 5 nitrogen and oxygen atoms in total. The first-order valence-electron chi connectivity index (χ1n) is 5.65. The number of methoxy groups -OCH3 is 2. The summed E-state index contributed by atoms with van der Waals surface area (Å²) in [6.07, 6.45) is 0.616. The van der Waals surface area contributed by atoms with Crippen molar-refractivity contribution in [2.45, 2.75) is 19.4 Å². The van der Waals surface area contributed by atoms with Crippen LogP contribution in [0.3, 0.4) is 0 Å². The Hall–Kier alpha value is -2.04. The fourth-order valence-electron chi connectivity index (χ4n) is 1.49. The molecule has 18 heavy (non-hydrogen) atoms. The van der Waals surface area contributed by atoms with Gasteiger partial charge in [-0.1, -0.05) is 6.92 Å². The fourth-order valence-corrected chi connectivity index (χ4v) is 1.49. The molecule has 0 heterocycles. The molecule has 0 bridgehead atoms. The van der Waals surface area contributed by atoms with Gasteiger partial charge in [-0.25, -0.2) is 9.59 Å². The molecule has 0 fully saturated rings. The molecule has 98 valence electrons. The van der Waals surface area contributed by atoms with Crippen LogP contribution in [0.2, 0.25) is 0 Å². The largest absolute Gasteiger partial charge is 0.467 e. The van der Waals surface area contributed by atoms with Crippen LogP contribution in [-0.2, 0) is 14.3 Å². The van der Waals surface area contributed by atoms with Crippen LogP contribution in [0.15, 0.2) is 24.3 Å². The standard InChI is InChI=1S/C13H17NO4/c1-4-11(13(16)18-3)14-10-7-5-9(6-8-10)12(15)17-2/h5-8,11,14H,4H2,1-3H3. The Bertz CT molecular complexity index is 414. The minimum atomic E-state index is -0.390. The Balaban J connectivity index is 2.73. The monoisotopic (exact) mass is 251 g/mol. The first-order valence-corrected chi connectivity index (χ1v) is 5.65. The summed E-state index contributed by atoms with van der Waals surface area (Å²) in [5.74, 6) is -0.698. The fraction of sp³-hybridized carbons (Fsp3) is 0.385. The molecule has 5 heteroatoms. The van der Waals surface area contributed by atoms with Crippen LogP contribution in [-0.4, -0.2) is 32.2 Å². The lowest BCUT2D eigenvalue weighted by Gasteiger charge is -2.15. The SMILES string of the molecule is CCC(Nc1ccc(C(=O)OC)cc1)C(=O)OC. The number of hydrogen-bond acceptors (Lipinski definition) is 5. The molecule has 1 atom stereocenters. The van der Waals surface area contributed by atoms with Crippen molar-refractivity contribution in [1.29, 1.82) is 0 Å². The lowest BCUT2D eigenvalue weighted by atomic mass is 10.1. The summed E-state index contributed by atoms with van der Waals surface area (Å²) >= 11 is 0. The molecule has 0 radical (unpaired) electrons. The number of hydrogen-bond donors (Lipinski definition) is 1. The summed E-state index contributed by atoms with van der Waals surface area (Å²) in [4.78, 5) is 22.7. The van der Waals surface area contributed by atoms with Crippen molar-refractivity contribution >= 4 is 17.6 Å². The lowest BCUT2D eigenvalue weighted by molar-refractivity contribution is -0.141. The second kappa shape index (κ2) is 6.64. The highest BCUT2D eigenvalue weighted by Crippen LogP contribution is 2.13. The molecule has 1 unspecified atom stereocenters. The Kier molecular flexibility index (Phi) is 5.17. The maximum Gasteiger partial charge on any atom is 0.337 e. The quantitative estimate of drug-likeness (QED) is 0.809. The van der Waals surface area contributed by atoms with E-state index < -0.39 is 0 Å². The van der Waals surface area contributed by atoms with E-state index in [0.717, 1.165) is 5.69 Å². The van der Waals surface area contributed by atoms with Gasteiger partial charge in [0.25, 0.3) is 0 Å². The van der Waals surface area contributed by atoms with Crippen LogP contribution < -0.4 is 5.32 Å². The molecule has 0 aliphatic heterocycles. The van der Waals surface area contributed by atoms with E-state index in [-0.39, 0.29) is 18.0 Å². The Labute approximate surface area is 106 Å². The van der Waals surface area contributed by atoms with Gasteiger partial charge in [0.05, 0.1) is 19.8 Å². The minimum Gasteiger partial charge on any atom is -0.467 e. The van der Waals surface area contributed by atoms with E-state index in [2.05, 4.69) is 14.8 Å². The summed E-state index contributed by atoms with van der Waals surface area (Å²) in [7, 11) is 2.69. The van der Waals surface area contributed by atoms with E-state index in [4.69, 9.17) is 0 Å². The minimum absolute atomic E-state index is 0.311. The van der Waals surface area contributed by atoms with Gasteiger partial charge in [-0.2, -0.15) is 0 Å². The van der Waals surface area contributed by atoms with Gasteiger partial charge in [0, 0.05) is 5.69 Å². The molecule has 1 N–H and O–H groups in total. The molecule has 0 aliphatic carbocycles. The number of nitrogens with one attached hydrogen (secondary N) is 1. The smallest absolute Gasteiger partial charge is 0.337 e. The molecule has 1 aromatic carbocycles. The molecule has 0 saturated carbocycles. The van der Waals surface area contributed by atoms with Crippen LogP contribution >= 0.6 is 0 Å². The van der Waals surface area contributed by atoms with Crippen LogP contribution in [0.25, 0.3) is 0 Å². The number of anilines is 1. The van der Waals surface area contributed by atoms with E-state index >= 15 is 0 Å². The maximum absolute atomic E-state index is 11.4. The van der Waals surface area contributed by atoms with E-state index in [9.17, 15) is 9.59 Å². The van der Waals surface area contributed by atoms with E-state index in [1.54, 1.807) is 24.3 Å². The van der Waals surface area contributed by atoms with Gasteiger partial charge in [0.2, 0.25) is 0 Å². The summed E-state index contributed by atoms with van der Waals surface area (Å²) < 4.78 is 9.28. The topological polar surface area (TPSA) is 64.6 Å². The van der Waals surface area contributed by atoms with Gasteiger partial charge in [0.15, 0.2) is 0 Å². The Morgan fingerprint density at radius 3 is 2.22 bits per heavy atom. The zero-order chi connectivity index (χ0) is 13.5. The molecule has 0 saturated heterocycles. The summed E-state index contributed by atoms with van der Waals surface area (Å²) in [5, 5.41) is 3.04. The van der Waals surface area contributed by atoms with Crippen molar-refractivity contribution < 1.29 is 19.1 Å². The third kappa shape index (κ3) is 3.48. The first kappa shape index (κ1) is 14.0. The molecular formula is C13H17NO4. The van der Waals surface area contributed by atoms with Crippen molar-refractivity contribution in [3.8, 4) is 0 Å². The van der Waals surface area contributed by atoms with Gasteiger partial charge in [0.1, 0.15) is 6.04 Å². The maximum atomic E-state index is 11.4. The summed E-state index contributed by atoms with van der Waals surface area (Å²) in [6, 6.07) is 6.32. The van der Waals surface area contributed by atoms with Crippen molar-refractivity contribution in [2.24, 2.45) is 0 Å². The van der Waals surface area contributed by atoms with Crippen LogP contribution in [0.1, 0.15) is 23.7 Å². The zero-order valence-corrected chi connectivity index (χ0v) is 10.7. The summed E-state index contributed by atoms with van der Waals surface area (Å²) in [6.45, 7) is 1.89. The second-order valence-electron chi connectivity index (χ2n) is 3.70. The van der Waals surface area contributed by atoms with Crippen molar-refractivity contribution in [3.63, 3.8) is 0 Å². The predicted molar refractivity (Wildman–Crippen MR) is 67.5 cm³/mol. The highest BCUT2D eigenvalue weighted by atomic mass is 16.5. The third-order valence-corrected chi connectivity index (χ3v) is 2.54. The summed E-state index contributed by atoms with van der Waals surface area (Å²) in [5.41, 5.74) is 1.22. The van der Waals surface area contributed by atoms with Crippen LogP contribution in [0.4, 0.5) is 5.69 Å². The number of carbonyl (C=O) groups is 2. The average Bonchev–Trinajstić information content (AvgIpc) is 2.43. The zero-order valence-electron chi connectivity index (χ0n) is 10.7. The van der Waals surface area contributed by atoms with Gasteiger partial charge in [-0.15, -0.1) is 0 Å². The van der Waals surface area contributed by atoms with Crippen LogP contribution in [0, 0.1) is 0 Å². The number of rotatable bonds is 5. The Morgan fingerprint density at radius 1 is 1.17 bits per heavy atom. The normalized spacial score (nSPS) is 11.5. The molecule has 0 aromatic heterocycles. The molecule has 1 rings (SSSR count). The van der Waals surface area contributed by atoms with Crippen molar-refractivity contribution in [3.05, 3.63) is 29.8 Å². The van der Waals surface area contributed by atoms with E-state index in [0.29, 0.717) is 12.0 Å². The highest BCUT2D eigenvalue weighted by Gasteiger charge is 2.16. The first-order chi connectivity index (χ1) is 8.62. The van der Waals surface area contributed by atoms with E-state index in [1.165, 1.54) is 14.2 Å². The predicted octanol–water partition coefficient (Wildman–Crippen LogP) is 1.84. The number of esters is 2. The average molecular weight is 251 g/mol. The number of carbonyl (C=O) groups excluding carboxylic acids is 2. The van der Waals surface area contributed by atoms with Crippen LogP contribution in [0.5, 0.6) is 0 Å². The van der Waals surface area contributed by atoms with Crippen molar-refractivity contribution in [2.75, 3.05) is 19.5 Å². The molecule has 0 aliphatic rings. The van der Waals surface area contributed by atoms with Gasteiger partial charge < -0.3 is 14.8 Å². The number of ether oxygens (including phenoxy) is 2. The second-order valence-corrected chi connectivity index (χ2v) is 3.70. The third-order valence-electron chi connectivity index (χ3n) is 2.54. The van der Waals surface area contributed by atoms with E-state index in [1.807, 2.05) is 6.92 Å². The lowest BCUT2D eigenvalue weighted by Crippen LogP contribution is -2.29. The van der Waals surface area contributed by atoms with Gasteiger partial charge >= 0.3 is 11.9 Å². The molecule has 0 amide bonds. The molecular weight excluding hydrogens is 234 g/mol. The van der Waals surface area contributed by atoms with Gasteiger partial charge in [-0.3, -0.25) is 0 Å². The number of benzene rings is 1. The molecule has 0 spiro atoms. The van der Waals surface area contributed by atoms with Gasteiger partial charge in [-0.05, 0) is 30.7 Å². The molecule has 1 aromatic rings.